The molecule has 0 aliphatic heterocycles. The monoisotopic (exact) mass is 183 g/mol. The van der Waals surface area contributed by atoms with E-state index in [0.29, 0.717) is 13.2 Å². The van der Waals surface area contributed by atoms with Crippen LogP contribution >= 0.6 is 0 Å². The van der Waals surface area contributed by atoms with Gasteiger partial charge in [0.2, 0.25) is 0 Å². The molecule has 3 nitrogen and oxygen atoms in total. The molecule has 1 aliphatic rings. The molecule has 1 aliphatic carbocycles. The standard InChI is InChI=1S/C10H15NO2.H2/c1-2-11-10(12)13-8-9-6-4-3-5-7-9;/h4,6-7H,2-3,5,8H2,1H3,(H,11,12);1H. The van der Waals surface area contributed by atoms with Crippen molar-refractivity contribution in [3.05, 3.63) is 23.8 Å². The van der Waals surface area contributed by atoms with E-state index in [1.165, 1.54) is 0 Å². The molecule has 13 heavy (non-hydrogen) atoms. The van der Waals surface area contributed by atoms with Crippen molar-refractivity contribution in [2.24, 2.45) is 0 Å². The minimum Gasteiger partial charge on any atom is -0.445 e. The average Bonchev–Trinajstić information content (AvgIpc) is 2.17. The van der Waals surface area contributed by atoms with Crippen molar-refractivity contribution in [1.82, 2.24) is 5.32 Å². The molecule has 0 saturated carbocycles. The minimum atomic E-state index is -0.345. The highest BCUT2D eigenvalue weighted by atomic mass is 16.5. The van der Waals surface area contributed by atoms with Crippen molar-refractivity contribution in [2.75, 3.05) is 13.2 Å². The first-order chi connectivity index (χ1) is 6.33. The molecule has 0 saturated heterocycles. The molecule has 1 rings (SSSR count). The lowest BCUT2D eigenvalue weighted by molar-refractivity contribution is 0.157. The van der Waals surface area contributed by atoms with Gasteiger partial charge in [0, 0.05) is 7.97 Å². The van der Waals surface area contributed by atoms with Crippen LogP contribution in [0.4, 0.5) is 4.79 Å². The van der Waals surface area contributed by atoms with Crippen LogP contribution in [-0.4, -0.2) is 19.2 Å². The Balaban J connectivity index is 0.00000169. The largest absolute Gasteiger partial charge is 0.445 e. The summed E-state index contributed by atoms with van der Waals surface area (Å²) in [6.45, 7) is 2.84. The number of allylic oxidation sites excluding steroid dienone is 2. The zero-order valence-electron chi connectivity index (χ0n) is 7.88. The van der Waals surface area contributed by atoms with Gasteiger partial charge in [0.1, 0.15) is 6.61 Å². The predicted octanol–water partition coefficient (Wildman–Crippen LogP) is 2.25. The van der Waals surface area contributed by atoms with Gasteiger partial charge >= 0.3 is 6.09 Å². The molecule has 0 aromatic carbocycles. The third kappa shape index (κ3) is 3.78. The number of rotatable bonds is 3. The summed E-state index contributed by atoms with van der Waals surface area (Å²) in [5, 5.41) is 2.57. The van der Waals surface area contributed by atoms with Gasteiger partial charge in [-0.05, 0) is 25.3 Å². The van der Waals surface area contributed by atoms with Gasteiger partial charge in [0.25, 0.3) is 0 Å². The lowest BCUT2D eigenvalue weighted by Crippen LogP contribution is -2.24. The first-order valence-corrected chi connectivity index (χ1v) is 4.59. The van der Waals surface area contributed by atoms with E-state index in [0.717, 1.165) is 18.4 Å². The van der Waals surface area contributed by atoms with E-state index in [-0.39, 0.29) is 7.52 Å². The van der Waals surface area contributed by atoms with E-state index in [4.69, 9.17) is 4.74 Å². The number of ether oxygens (including phenoxy) is 1. The van der Waals surface area contributed by atoms with Crippen molar-refractivity contribution in [3.63, 3.8) is 0 Å². The molecule has 0 atom stereocenters. The Labute approximate surface area is 79.9 Å². The Morgan fingerprint density at radius 3 is 3.15 bits per heavy atom. The smallest absolute Gasteiger partial charge is 0.407 e. The number of amides is 1. The van der Waals surface area contributed by atoms with Crippen molar-refractivity contribution in [3.8, 4) is 0 Å². The van der Waals surface area contributed by atoms with E-state index in [2.05, 4.69) is 17.5 Å². The van der Waals surface area contributed by atoms with Crippen LogP contribution in [0.3, 0.4) is 0 Å². The molecular weight excluding hydrogens is 166 g/mol. The van der Waals surface area contributed by atoms with E-state index in [9.17, 15) is 4.79 Å². The zero-order chi connectivity index (χ0) is 9.52. The second-order valence-electron chi connectivity index (χ2n) is 2.87. The highest BCUT2D eigenvalue weighted by Crippen LogP contribution is 2.09. The van der Waals surface area contributed by atoms with Crippen molar-refractivity contribution in [1.29, 1.82) is 0 Å². The second-order valence-corrected chi connectivity index (χ2v) is 2.87. The molecule has 0 unspecified atom stereocenters. The summed E-state index contributed by atoms with van der Waals surface area (Å²) in [7, 11) is 0. The summed E-state index contributed by atoms with van der Waals surface area (Å²) >= 11 is 0. The van der Waals surface area contributed by atoms with E-state index >= 15 is 0 Å². The minimum absolute atomic E-state index is 0. The van der Waals surface area contributed by atoms with Crippen molar-refractivity contribution in [2.45, 2.75) is 19.8 Å². The Kier molecular flexibility index (Phi) is 4.09. The second kappa shape index (κ2) is 5.41. The third-order valence-corrected chi connectivity index (χ3v) is 1.76. The van der Waals surface area contributed by atoms with Gasteiger partial charge in [-0.3, -0.25) is 0 Å². The highest BCUT2D eigenvalue weighted by molar-refractivity contribution is 5.67. The number of nitrogens with one attached hydrogen (secondary N) is 1. The number of hydrogen-bond donors (Lipinski definition) is 1. The summed E-state index contributed by atoms with van der Waals surface area (Å²) in [6, 6.07) is 0. The van der Waals surface area contributed by atoms with Gasteiger partial charge in [0.15, 0.2) is 0 Å². The molecule has 0 heterocycles. The topological polar surface area (TPSA) is 38.3 Å². The van der Waals surface area contributed by atoms with Crippen molar-refractivity contribution >= 4 is 6.09 Å². The van der Waals surface area contributed by atoms with E-state index in [1.54, 1.807) is 0 Å². The summed E-state index contributed by atoms with van der Waals surface area (Å²) < 4.78 is 4.95. The molecule has 1 N–H and O–H groups in total. The Hall–Kier alpha value is -1.25. The van der Waals surface area contributed by atoms with Crippen LogP contribution < -0.4 is 5.32 Å². The van der Waals surface area contributed by atoms with Crippen molar-refractivity contribution < 1.29 is 11.0 Å². The first-order valence-electron chi connectivity index (χ1n) is 4.59. The van der Waals surface area contributed by atoms with Crippen LogP contribution in [0.2, 0.25) is 0 Å². The van der Waals surface area contributed by atoms with Crippen LogP contribution in [0.25, 0.3) is 0 Å². The average molecular weight is 183 g/mol. The molecule has 74 valence electrons. The summed E-state index contributed by atoms with van der Waals surface area (Å²) in [5.74, 6) is 0. The van der Waals surface area contributed by atoms with Gasteiger partial charge in [-0.15, -0.1) is 0 Å². The Bertz CT molecular complexity index is 236. The predicted molar refractivity (Wildman–Crippen MR) is 53.6 cm³/mol. The van der Waals surface area contributed by atoms with Gasteiger partial charge in [-0.2, -0.15) is 0 Å². The quantitative estimate of drug-likeness (QED) is 0.728. The maximum Gasteiger partial charge on any atom is 0.407 e. The lowest BCUT2D eigenvalue weighted by Gasteiger charge is -2.08. The van der Waals surface area contributed by atoms with Crippen LogP contribution in [0.5, 0.6) is 0 Å². The molecule has 0 aromatic heterocycles. The van der Waals surface area contributed by atoms with E-state index in [1.807, 2.05) is 13.0 Å². The maximum absolute atomic E-state index is 10.9. The van der Waals surface area contributed by atoms with Gasteiger partial charge in [-0.1, -0.05) is 18.2 Å². The number of hydrogen-bond acceptors (Lipinski definition) is 2. The molecule has 0 bridgehead atoms. The Morgan fingerprint density at radius 2 is 2.54 bits per heavy atom. The van der Waals surface area contributed by atoms with Gasteiger partial charge in [0.05, 0.1) is 0 Å². The molecule has 0 spiro atoms. The van der Waals surface area contributed by atoms with Gasteiger partial charge < -0.3 is 10.1 Å². The first kappa shape index (κ1) is 9.84. The molecule has 0 fully saturated rings. The van der Waals surface area contributed by atoms with Crippen LogP contribution in [0.1, 0.15) is 21.2 Å². The molecular formula is C10H17NO2. The fraction of sp³-hybridized carbons (Fsp3) is 0.500. The molecule has 1 amide bonds. The Morgan fingerprint density at radius 1 is 1.69 bits per heavy atom. The highest BCUT2D eigenvalue weighted by Gasteiger charge is 2.02. The SMILES string of the molecule is CCNC(=O)OCC1=CCCC=C1.[HH]. The van der Waals surface area contributed by atoms with Gasteiger partial charge in [-0.25, -0.2) is 4.79 Å². The molecule has 3 heteroatoms. The summed E-state index contributed by atoms with van der Waals surface area (Å²) in [5.41, 5.74) is 1.08. The van der Waals surface area contributed by atoms with Crippen LogP contribution in [-0.2, 0) is 4.74 Å². The fourth-order valence-corrected chi connectivity index (χ4v) is 1.12. The van der Waals surface area contributed by atoms with E-state index < -0.39 is 0 Å². The number of carbonyl (C=O) groups is 1. The summed E-state index contributed by atoms with van der Waals surface area (Å²) in [6.07, 6.45) is 7.98. The summed E-state index contributed by atoms with van der Waals surface area (Å²) in [4.78, 5) is 10.9. The molecule has 0 radical (unpaired) electrons. The van der Waals surface area contributed by atoms with Crippen LogP contribution in [0, 0.1) is 0 Å². The van der Waals surface area contributed by atoms with Crippen LogP contribution in [0.15, 0.2) is 23.8 Å². The lowest BCUT2D eigenvalue weighted by atomic mass is 10.1. The zero-order valence-corrected chi connectivity index (χ0v) is 7.88. The number of alkyl carbamates (subject to hydrolysis) is 1. The normalized spacial score (nSPS) is 15.0. The number of carbonyl (C=O) groups excluding carboxylic acids is 1. The third-order valence-electron chi connectivity index (χ3n) is 1.76. The fourth-order valence-electron chi connectivity index (χ4n) is 1.12. The maximum atomic E-state index is 10.9. The molecule has 0 aromatic rings.